The molecule has 1 aromatic heterocycles. The molecule has 1 heterocycles. The highest BCUT2D eigenvalue weighted by atomic mass is 32.2. The summed E-state index contributed by atoms with van der Waals surface area (Å²) < 4.78 is 14.3. The van der Waals surface area contributed by atoms with E-state index in [9.17, 15) is 9.18 Å². The number of aromatic nitrogens is 1. The van der Waals surface area contributed by atoms with Crippen LogP contribution in [0, 0.1) is 12.7 Å². The lowest BCUT2D eigenvalue weighted by atomic mass is 10.2. The zero-order valence-electron chi connectivity index (χ0n) is 17.7. The Morgan fingerprint density at radius 2 is 1.87 bits per heavy atom. The lowest BCUT2D eigenvalue weighted by Gasteiger charge is -2.21. The van der Waals surface area contributed by atoms with Crippen molar-refractivity contribution in [3.05, 3.63) is 53.8 Å². The first-order valence-electron chi connectivity index (χ1n) is 10.1. The van der Waals surface area contributed by atoms with Crippen LogP contribution in [0.15, 0.2) is 47.4 Å². The number of nitrogens with zero attached hydrogens (tertiary/aromatic N) is 3. The van der Waals surface area contributed by atoms with Crippen molar-refractivity contribution in [1.82, 2.24) is 9.88 Å². The molecule has 160 valence electrons. The third kappa shape index (κ3) is 6.52. The molecule has 0 radical (unpaired) electrons. The quantitative estimate of drug-likeness (QED) is 0.301. The summed E-state index contributed by atoms with van der Waals surface area (Å²) in [5.74, 6) is 0.694. The summed E-state index contributed by atoms with van der Waals surface area (Å²) in [4.78, 5) is 22.7. The highest BCUT2D eigenvalue weighted by Crippen LogP contribution is 2.30. The molecule has 7 heteroatoms. The van der Waals surface area contributed by atoms with E-state index in [1.54, 1.807) is 22.7 Å². The van der Waals surface area contributed by atoms with Gasteiger partial charge in [-0.2, -0.15) is 0 Å². The fourth-order valence-electron chi connectivity index (χ4n) is 3.06. The van der Waals surface area contributed by atoms with Gasteiger partial charge in [0.2, 0.25) is 5.91 Å². The van der Waals surface area contributed by atoms with Gasteiger partial charge in [-0.1, -0.05) is 29.0 Å². The number of halogens is 1. The van der Waals surface area contributed by atoms with Gasteiger partial charge in [0.25, 0.3) is 0 Å². The lowest BCUT2D eigenvalue weighted by molar-refractivity contribution is -0.118. The van der Waals surface area contributed by atoms with Crippen molar-refractivity contribution in [2.24, 2.45) is 0 Å². The second kappa shape index (κ2) is 10.9. The summed E-state index contributed by atoms with van der Waals surface area (Å²) in [6.07, 6.45) is 2.15. The molecule has 3 aromatic rings. The Labute approximate surface area is 186 Å². The van der Waals surface area contributed by atoms with Crippen LogP contribution in [-0.4, -0.2) is 48.7 Å². The molecule has 0 atom stereocenters. The summed E-state index contributed by atoms with van der Waals surface area (Å²) in [5, 5.41) is 0.658. The van der Waals surface area contributed by atoms with Gasteiger partial charge >= 0.3 is 0 Å². The van der Waals surface area contributed by atoms with Crippen molar-refractivity contribution in [2.75, 3.05) is 37.8 Å². The number of hydrogen-bond donors (Lipinski definition) is 0. The van der Waals surface area contributed by atoms with E-state index in [0.717, 1.165) is 35.4 Å². The van der Waals surface area contributed by atoms with Crippen LogP contribution in [0.1, 0.15) is 24.8 Å². The molecular formula is C23H28FN3OS2. The molecule has 0 unspecified atom stereocenters. The first-order valence-corrected chi connectivity index (χ1v) is 11.9. The van der Waals surface area contributed by atoms with E-state index >= 15 is 0 Å². The van der Waals surface area contributed by atoms with Crippen LogP contribution < -0.4 is 4.90 Å². The Kier molecular flexibility index (Phi) is 8.24. The minimum Gasteiger partial charge on any atom is -0.309 e. The van der Waals surface area contributed by atoms with Crippen LogP contribution >= 0.6 is 23.1 Å². The first kappa shape index (κ1) is 22.7. The number of fused-ring (bicyclic) bond motifs is 1. The Morgan fingerprint density at radius 3 is 2.60 bits per heavy atom. The maximum atomic E-state index is 13.6. The minimum absolute atomic E-state index is 0.0813. The Balaban J connectivity index is 1.62. The number of aryl methyl sites for hydroxylation is 1. The highest BCUT2D eigenvalue weighted by Gasteiger charge is 2.19. The lowest BCUT2D eigenvalue weighted by Crippen LogP contribution is -2.33. The first-order chi connectivity index (χ1) is 14.4. The molecule has 1 amide bonds. The fourth-order valence-corrected chi connectivity index (χ4v) is 4.94. The molecule has 0 N–H and O–H groups in total. The molecule has 0 spiro atoms. The molecule has 0 aliphatic carbocycles. The second-order valence-corrected chi connectivity index (χ2v) is 9.75. The number of anilines is 1. The minimum atomic E-state index is -0.281. The number of thioether (sulfide) groups is 1. The average molecular weight is 446 g/mol. The van der Waals surface area contributed by atoms with Gasteiger partial charge in [-0.25, -0.2) is 9.37 Å². The molecular weight excluding hydrogens is 417 g/mol. The van der Waals surface area contributed by atoms with Gasteiger partial charge in [-0.05, 0) is 76.5 Å². The molecule has 0 aliphatic rings. The third-order valence-electron chi connectivity index (χ3n) is 4.68. The number of thiazole rings is 1. The van der Waals surface area contributed by atoms with Gasteiger partial charge in [-0.3, -0.25) is 9.69 Å². The summed E-state index contributed by atoms with van der Waals surface area (Å²) in [6, 6.07) is 13.0. The van der Waals surface area contributed by atoms with Crippen LogP contribution in [0.5, 0.6) is 0 Å². The predicted molar refractivity (Wildman–Crippen MR) is 126 cm³/mol. The van der Waals surface area contributed by atoms with Gasteiger partial charge < -0.3 is 4.90 Å². The molecule has 0 saturated carbocycles. The Hall–Kier alpha value is -1.96. The van der Waals surface area contributed by atoms with E-state index in [2.05, 4.69) is 41.1 Å². The van der Waals surface area contributed by atoms with Crippen LogP contribution in [0.2, 0.25) is 0 Å². The number of amides is 1. The zero-order valence-corrected chi connectivity index (χ0v) is 19.4. The average Bonchev–Trinajstić information content (AvgIpc) is 3.12. The third-order valence-corrected chi connectivity index (χ3v) is 6.82. The van der Waals surface area contributed by atoms with Gasteiger partial charge in [0, 0.05) is 17.9 Å². The number of carbonyl (C=O) groups excluding carboxylic acids is 1. The molecule has 2 aromatic carbocycles. The summed E-state index contributed by atoms with van der Waals surface area (Å²) in [7, 11) is 4.05. The number of benzene rings is 2. The number of hydrogen-bond acceptors (Lipinski definition) is 5. The topological polar surface area (TPSA) is 36.4 Å². The van der Waals surface area contributed by atoms with Crippen molar-refractivity contribution in [2.45, 2.75) is 31.1 Å². The van der Waals surface area contributed by atoms with E-state index in [-0.39, 0.29) is 11.7 Å². The van der Waals surface area contributed by atoms with E-state index < -0.39 is 0 Å². The standard InChI is InChI=1S/C23H28FN3OS2/c1-17-7-10-19(11-8-17)29-15-4-6-22(28)27(14-5-13-26(2)3)23-25-20-12-9-18(24)16-21(20)30-23/h7-12,16H,4-6,13-15H2,1-3H3. The normalized spacial score (nSPS) is 11.4. The zero-order chi connectivity index (χ0) is 21.5. The second-order valence-electron chi connectivity index (χ2n) is 7.58. The molecule has 30 heavy (non-hydrogen) atoms. The molecule has 3 rings (SSSR count). The van der Waals surface area contributed by atoms with E-state index in [4.69, 9.17) is 0 Å². The van der Waals surface area contributed by atoms with Crippen molar-refractivity contribution < 1.29 is 9.18 Å². The van der Waals surface area contributed by atoms with Crippen molar-refractivity contribution in [3.8, 4) is 0 Å². The Bertz CT molecular complexity index is 972. The molecule has 0 aliphatic heterocycles. The van der Waals surface area contributed by atoms with Gasteiger partial charge in [-0.15, -0.1) is 11.8 Å². The van der Waals surface area contributed by atoms with Crippen LogP contribution in [0.3, 0.4) is 0 Å². The van der Waals surface area contributed by atoms with Gasteiger partial charge in [0.1, 0.15) is 5.82 Å². The van der Waals surface area contributed by atoms with E-state index in [1.807, 2.05) is 14.1 Å². The van der Waals surface area contributed by atoms with Crippen LogP contribution in [0.25, 0.3) is 10.2 Å². The highest BCUT2D eigenvalue weighted by molar-refractivity contribution is 7.99. The molecule has 4 nitrogen and oxygen atoms in total. The number of carbonyl (C=O) groups is 1. The molecule has 0 saturated heterocycles. The largest absolute Gasteiger partial charge is 0.309 e. The summed E-state index contributed by atoms with van der Waals surface area (Å²) in [5.41, 5.74) is 1.98. The van der Waals surface area contributed by atoms with E-state index in [1.165, 1.54) is 33.9 Å². The van der Waals surface area contributed by atoms with E-state index in [0.29, 0.717) is 18.1 Å². The SMILES string of the molecule is Cc1ccc(SCCCC(=O)N(CCCN(C)C)c2nc3ccc(F)cc3s2)cc1. The fraction of sp³-hybridized carbons (Fsp3) is 0.391. The van der Waals surface area contributed by atoms with Gasteiger partial charge in [0.05, 0.1) is 10.2 Å². The summed E-state index contributed by atoms with van der Waals surface area (Å²) in [6.45, 7) is 3.59. The molecule has 0 bridgehead atoms. The van der Waals surface area contributed by atoms with Crippen molar-refractivity contribution >= 4 is 44.4 Å². The van der Waals surface area contributed by atoms with Gasteiger partial charge in [0.15, 0.2) is 5.13 Å². The number of rotatable bonds is 10. The van der Waals surface area contributed by atoms with Crippen molar-refractivity contribution in [1.29, 1.82) is 0 Å². The molecule has 0 fully saturated rings. The summed E-state index contributed by atoms with van der Waals surface area (Å²) >= 11 is 3.15. The van der Waals surface area contributed by atoms with Crippen LogP contribution in [-0.2, 0) is 4.79 Å². The van der Waals surface area contributed by atoms with Crippen LogP contribution in [0.4, 0.5) is 9.52 Å². The maximum Gasteiger partial charge on any atom is 0.228 e. The monoisotopic (exact) mass is 445 g/mol. The van der Waals surface area contributed by atoms with Crippen molar-refractivity contribution in [3.63, 3.8) is 0 Å². The predicted octanol–water partition coefficient (Wildman–Crippen LogP) is 5.60. The smallest absolute Gasteiger partial charge is 0.228 e. The maximum absolute atomic E-state index is 13.6. The Morgan fingerprint density at radius 1 is 1.10 bits per heavy atom.